The number of aromatic hydroxyl groups is 1. The molecule has 5 fully saturated rings. The maximum absolute atomic E-state index is 14.7. The smallest absolute Gasteiger partial charge is 0.202 e. The highest BCUT2D eigenvalue weighted by Crippen LogP contribution is 2.71. The number of carbonyl (C=O) groups is 2. The number of nitrogens with two attached hydrogens (primary N) is 2. The second-order valence-corrected chi connectivity index (χ2v) is 27.8. The van der Waals surface area contributed by atoms with Gasteiger partial charge in [0.2, 0.25) is 5.96 Å². The number of dihydropyridines is 1. The lowest BCUT2D eigenvalue weighted by molar-refractivity contribution is -0.126. The molecule has 15 unspecified atom stereocenters. The minimum atomic E-state index is -0.496. The number of ether oxygens (including phenoxy) is 1. The molecule has 0 aromatic heterocycles. The van der Waals surface area contributed by atoms with Crippen molar-refractivity contribution < 1.29 is 29.6 Å². The first-order chi connectivity index (χ1) is 42.7. The van der Waals surface area contributed by atoms with Crippen molar-refractivity contribution in [2.75, 3.05) is 60.0 Å². The largest absolute Gasteiger partial charge is 0.504 e. The molecule has 4 saturated carbocycles. The zero-order chi connectivity index (χ0) is 61.4. The van der Waals surface area contributed by atoms with Gasteiger partial charge in [-0.25, -0.2) is 0 Å². The van der Waals surface area contributed by atoms with Crippen LogP contribution in [0.1, 0.15) is 118 Å². The van der Waals surface area contributed by atoms with Crippen molar-refractivity contribution in [1.82, 2.24) is 31.9 Å². The van der Waals surface area contributed by atoms with Crippen LogP contribution in [0.4, 0.5) is 0 Å². The Hall–Kier alpha value is -6.09. The first-order valence-corrected chi connectivity index (χ1v) is 33.3. The summed E-state index contributed by atoms with van der Waals surface area (Å²) in [7, 11) is 3.56. The summed E-state index contributed by atoms with van der Waals surface area (Å²) in [6.45, 7) is 6.51. The summed E-state index contributed by atoms with van der Waals surface area (Å²) < 4.78 is 5.66. The summed E-state index contributed by atoms with van der Waals surface area (Å²) in [5.41, 5.74) is 20.5. The molecule has 12 rings (SSSR count). The third kappa shape index (κ3) is 14.6. The molecule has 5 aliphatic heterocycles. The van der Waals surface area contributed by atoms with Crippen LogP contribution in [0, 0.1) is 76.1 Å². The van der Waals surface area contributed by atoms with Gasteiger partial charge in [-0.3, -0.25) is 9.59 Å². The van der Waals surface area contributed by atoms with Crippen molar-refractivity contribution in [3.63, 3.8) is 0 Å². The van der Waals surface area contributed by atoms with Crippen LogP contribution in [0.3, 0.4) is 0 Å². The van der Waals surface area contributed by atoms with E-state index < -0.39 is 18.9 Å². The van der Waals surface area contributed by atoms with Crippen molar-refractivity contribution in [3.05, 3.63) is 136 Å². The van der Waals surface area contributed by atoms with E-state index in [0.717, 1.165) is 107 Å². The number of nitrogens with one attached hydrogen (secondary N) is 6. The number of Topliss-reactive ketones (excluding diaryl/α,β-unsaturated/α-hetero) is 1. The highest BCUT2D eigenvalue weighted by Gasteiger charge is 2.67. The van der Waals surface area contributed by atoms with E-state index in [4.69, 9.17) is 16.2 Å². The van der Waals surface area contributed by atoms with Crippen LogP contribution < -0.4 is 48.1 Å². The fraction of sp³-hybridized carbons (Fsp3) is 0.575. The minimum Gasteiger partial charge on any atom is -0.504 e. The van der Waals surface area contributed by atoms with Crippen LogP contribution in [0.15, 0.2) is 113 Å². The van der Waals surface area contributed by atoms with Gasteiger partial charge in [0, 0.05) is 56.8 Å². The number of aliphatic hydroxyl groups excluding tert-OH is 2. The van der Waals surface area contributed by atoms with E-state index in [-0.39, 0.29) is 58.2 Å². The number of ketones is 2. The van der Waals surface area contributed by atoms with Gasteiger partial charge in [-0.2, -0.15) is 4.99 Å². The monoisotopic (exact) mass is 1200 g/mol. The van der Waals surface area contributed by atoms with Gasteiger partial charge in [-0.05, 0) is 256 Å². The standard InChI is InChI=1S/C73H99N9O6/c1-46(84)41-81-68-40-72(39-64-61-21-24-77-43-55(61)29-52-15-9-22-78-70(52)64)36-50-18-19-67(72)73(68)37-53(58(38-73)42-76-2)20-25-80-71(75)79-23-8-14-51(27-49-13-7-12-48(26-49)17-16-47-10-5-4-6-11-47)63-35-69(74)82-44-56(63)30-54-32-65(87)66(88-3)34-62(54)57(45-83)31-60(86)33-59(85)28-50/h4-7,9-13,15,26,31-32,34-35,44,46,50-53,55,58,61,64,67-70,76-78,81-84,87H,14,16-22,24-25,27-30,33,36-43,45,74H2,1-3H3,(H3,75,79,80). The number of aliphatic hydroxyl groups is 2. The van der Waals surface area contributed by atoms with Crippen LogP contribution >= 0.6 is 0 Å². The van der Waals surface area contributed by atoms with Crippen LogP contribution in [0.2, 0.25) is 0 Å². The summed E-state index contributed by atoms with van der Waals surface area (Å²) in [5, 5.41) is 56.0. The Morgan fingerprint density at radius 2 is 1.77 bits per heavy atom. The Kier molecular flexibility index (Phi) is 20.8. The van der Waals surface area contributed by atoms with Gasteiger partial charge < -0.3 is 63.4 Å². The average molecular weight is 1200 g/mol. The van der Waals surface area contributed by atoms with E-state index >= 15 is 0 Å². The van der Waals surface area contributed by atoms with E-state index in [1.807, 2.05) is 25.3 Å². The number of methoxy groups -OCH3 is 1. The first-order valence-electron chi connectivity index (χ1n) is 33.3. The predicted molar refractivity (Wildman–Crippen MR) is 350 cm³/mol. The Morgan fingerprint density at radius 1 is 0.943 bits per heavy atom. The number of hydrogen-bond donors (Lipinski definition) is 11. The Morgan fingerprint density at radius 3 is 2.59 bits per heavy atom. The van der Waals surface area contributed by atoms with E-state index in [9.17, 15) is 24.9 Å². The molecule has 5 heterocycles. The van der Waals surface area contributed by atoms with E-state index in [1.165, 1.54) is 37.2 Å². The van der Waals surface area contributed by atoms with E-state index in [1.54, 1.807) is 12.1 Å². The number of benzene rings is 3. The molecule has 88 heavy (non-hydrogen) atoms. The Labute approximate surface area is 523 Å². The SMILES string of the molecule is CNCC1CC23CC1CCNC(N)=NC#CCC(Cc1cccc(CCc4ccccc4)c1)C1=CC(N)NC=C1Cc1cc(O)c(OC)cc1C(CO)=CC(=O)CC(=O)CC1CCC2C(CC2C4CCNCC4CC4C=CCNC42)(C1)CC3NCC(C)O. The fourth-order valence-electron chi connectivity index (χ4n) is 18.7. The predicted octanol–water partition coefficient (Wildman–Crippen LogP) is 7.40. The molecular formula is C73H99N9O6. The van der Waals surface area contributed by atoms with Crippen LogP contribution in [-0.2, 0) is 35.3 Å². The van der Waals surface area contributed by atoms with Gasteiger partial charge in [-0.15, -0.1) is 0 Å². The number of carbonyl (C=O) groups excluding carboxylic acids is 2. The molecule has 1 saturated heterocycles. The van der Waals surface area contributed by atoms with Crippen molar-refractivity contribution in [1.29, 1.82) is 0 Å². The van der Waals surface area contributed by atoms with E-state index in [2.05, 4.69) is 117 Å². The highest BCUT2D eigenvalue weighted by atomic mass is 16.5. The lowest BCUT2D eigenvalue weighted by Gasteiger charge is -2.55. The van der Waals surface area contributed by atoms with Crippen molar-refractivity contribution in [2.24, 2.45) is 80.6 Å². The van der Waals surface area contributed by atoms with Crippen LogP contribution in [0.25, 0.3) is 5.57 Å². The number of hydrogen-bond acceptors (Lipinski definition) is 15. The van der Waals surface area contributed by atoms with Gasteiger partial charge in [0.25, 0.3) is 0 Å². The van der Waals surface area contributed by atoms with Crippen molar-refractivity contribution in [3.8, 4) is 23.5 Å². The molecule has 1 spiro atoms. The Bertz CT molecular complexity index is 3160. The molecule has 0 radical (unpaired) electrons. The molecule has 5 bridgehead atoms. The van der Waals surface area contributed by atoms with E-state index in [0.29, 0.717) is 109 Å². The molecule has 15 nitrogen and oxygen atoms in total. The zero-order valence-corrected chi connectivity index (χ0v) is 52.4. The summed E-state index contributed by atoms with van der Waals surface area (Å²) in [6, 6.07) is 26.3. The molecule has 15 atom stereocenters. The zero-order valence-electron chi connectivity index (χ0n) is 52.4. The van der Waals surface area contributed by atoms with Gasteiger partial charge in [-0.1, -0.05) is 72.7 Å². The summed E-state index contributed by atoms with van der Waals surface area (Å²) >= 11 is 0. The maximum Gasteiger partial charge on any atom is 0.202 e. The summed E-state index contributed by atoms with van der Waals surface area (Å²) in [6.07, 6.45) is 23.0. The normalized spacial score (nSPS) is 33.0. The number of aryl methyl sites for hydroxylation is 2. The molecule has 15 heteroatoms. The van der Waals surface area contributed by atoms with Gasteiger partial charge in [0.05, 0.1) is 32.4 Å². The molecule has 9 aliphatic rings. The van der Waals surface area contributed by atoms with Crippen molar-refractivity contribution >= 4 is 23.1 Å². The van der Waals surface area contributed by atoms with Crippen LogP contribution in [0.5, 0.6) is 11.5 Å². The molecule has 0 amide bonds. The van der Waals surface area contributed by atoms with Gasteiger partial charge >= 0.3 is 0 Å². The average Bonchev–Trinajstić information content (AvgIpc) is 1.54. The van der Waals surface area contributed by atoms with Gasteiger partial charge in [0.1, 0.15) is 5.78 Å². The summed E-state index contributed by atoms with van der Waals surface area (Å²) in [4.78, 5) is 33.8. The number of piperidine rings is 1. The molecule has 3 aromatic carbocycles. The number of phenols is 1. The third-order valence-electron chi connectivity index (χ3n) is 22.2. The Balaban J connectivity index is 0.949. The molecule has 3 aromatic rings. The highest BCUT2D eigenvalue weighted by molar-refractivity contribution is 6.08. The van der Waals surface area contributed by atoms with Gasteiger partial charge in [0.15, 0.2) is 17.3 Å². The molecule has 4 aliphatic carbocycles. The lowest BCUT2D eigenvalue weighted by Crippen LogP contribution is -2.57. The molecule has 13 N–H and O–H groups in total. The maximum atomic E-state index is 14.7. The van der Waals surface area contributed by atoms with Crippen molar-refractivity contribution in [2.45, 2.75) is 140 Å². The quantitative estimate of drug-likeness (QED) is 0.0429. The number of guanidine groups is 1. The first kappa shape index (κ1) is 63.5. The fourth-order valence-corrected chi connectivity index (χ4v) is 18.7. The lowest BCUT2D eigenvalue weighted by atomic mass is 9.52. The number of aliphatic imine (C=N–C) groups is 1. The topological polar surface area (TPSA) is 241 Å². The second-order valence-electron chi connectivity index (χ2n) is 27.8. The van der Waals surface area contributed by atoms with Crippen LogP contribution in [-0.4, -0.2) is 117 Å². The second kappa shape index (κ2) is 28.8. The number of phenolic OH excluding ortho intramolecular Hbond substituents is 1. The third-order valence-corrected chi connectivity index (χ3v) is 22.2. The number of allylic oxidation sites excluding steroid dienone is 3. The molecular weight excluding hydrogens is 1100 g/mol. The number of fused-ring (bicyclic) bond motifs is 13. The number of nitrogens with zero attached hydrogens (tertiary/aromatic N) is 1. The number of rotatable bonds is 14. The minimum absolute atomic E-state index is 0.0214. The summed E-state index contributed by atoms with van der Waals surface area (Å²) in [5.74, 6) is 6.82. The molecule has 472 valence electrons.